The van der Waals surface area contributed by atoms with E-state index in [1.54, 1.807) is 14.2 Å². The van der Waals surface area contributed by atoms with Gasteiger partial charge in [0.15, 0.2) is 11.5 Å². The lowest BCUT2D eigenvalue weighted by Crippen LogP contribution is -2.20. The van der Waals surface area contributed by atoms with Crippen LogP contribution < -0.4 is 9.47 Å². The molecule has 104 valence electrons. The zero-order valence-electron chi connectivity index (χ0n) is 12.1. The van der Waals surface area contributed by atoms with Gasteiger partial charge >= 0.3 is 0 Å². The second kappa shape index (κ2) is 5.44. The van der Waals surface area contributed by atoms with Crippen LogP contribution in [0.5, 0.6) is 11.5 Å². The van der Waals surface area contributed by atoms with Gasteiger partial charge in [0.1, 0.15) is 0 Å². The maximum Gasteiger partial charge on any atom is 0.161 e. The smallest absolute Gasteiger partial charge is 0.161 e. The van der Waals surface area contributed by atoms with Gasteiger partial charge in [-0.2, -0.15) is 0 Å². The lowest BCUT2D eigenvalue weighted by Gasteiger charge is -2.29. The fourth-order valence-corrected chi connectivity index (χ4v) is 3.94. The maximum atomic E-state index is 5.45. The Balaban J connectivity index is 1.93. The molecule has 1 aromatic rings. The molecular weight excluding hydrogens is 236 g/mol. The normalized spacial score (nSPS) is 26.0. The van der Waals surface area contributed by atoms with Crippen LogP contribution >= 0.6 is 0 Å². The number of aryl methyl sites for hydroxylation is 1. The highest BCUT2D eigenvalue weighted by atomic mass is 16.5. The molecule has 2 nitrogen and oxygen atoms in total. The largest absolute Gasteiger partial charge is 0.493 e. The van der Waals surface area contributed by atoms with Crippen molar-refractivity contribution in [3.05, 3.63) is 23.3 Å². The van der Waals surface area contributed by atoms with E-state index in [4.69, 9.17) is 9.47 Å². The van der Waals surface area contributed by atoms with Crippen LogP contribution in [-0.4, -0.2) is 14.2 Å². The molecule has 3 rings (SSSR count). The van der Waals surface area contributed by atoms with Crippen molar-refractivity contribution in [2.24, 2.45) is 11.8 Å². The standard InChI is InChI=1S/C17H24O2/c1-18-16-10-14-8-7-12-5-3-4-6-13(12)9-15(14)11-17(16)19-2/h10-13H,3-9H2,1-2H3. The number of methoxy groups -OCH3 is 2. The molecule has 2 unspecified atom stereocenters. The van der Waals surface area contributed by atoms with Gasteiger partial charge in [0.05, 0.1) is 14.2 Å². The van der Waals surface area contributed by atoms with Crippen LogP contribution in [0.15, 0.2) is 12.1 Å². The third-order valence-corrected chi connectivity index (χ3v) is 5.04. The molecule has 0 N–H and O–H groups in total. The first kappa shape index (κ1) is 12.8. The minimum atomic E-state index is 0.881. The van der Waals surface area contributed by atoms with Crippen LogP contribution in [0.3, 0.4) is 0 Å². The van der Waals surface area contributed by atoms with Crippen LogP contribution in [0.1, 0.15) is 43.2 Å². The third kappa shape index (κ3) is 2.45. The highest BCUT2D eigenvalue weighted by Crippen LogP contribution is 2.41. The second-order valence-electron chi connectivity index (χ2n) is 6.02. The first-order valence-electron chi connectivity index (χ1n) is 7.55. The molecule has 1 aromatic carbocycles. The Morgan fingerprint density at radius 2 is 1.47 bits per heavy atom. The summed E-state index contributed by atoms with van der Waals surface area (Å²) in [5.41, 5.74) is 2.97. The van der Waals surface area contributed by atoms with Crippen molar-refractivity contribution >= 4 is 0 Å². The van der Waals surface area contributed by atoms with Crippen molar-refractivity contribution in [3.8, 4) is 11.5 Å². The molecule has 2 aliphatic carbocycles. The van der Waals surface area contributed by atoms with Crippen LogP contribution in [0, 0.1) is 11.8 Å². The van der Waals surface area contributed by atoms with Crippen molar-refractivity contribution in [2.75, 3.05) is 14.2 Å². The summed E-state index contributed by atoms with van der Waals surface area (Å²) in [6.45, 7) is 0. The molecule has 1 fully saturated rings. The van der Waals surface area contributed by atoms with Gasteiger partial charge in [0.25, 0.3) is 0 Å². The molecular formula is C17H24O2. The monoisotopic (exact) mass is 260 g/mol. The summed E-state index contributed by atoms with van der Waals surface area (Å²) in [6.07, 6.45) is 9.50. The quantitative estimate of drug-likeness (QED) is 0.800. The second-order valence-corrected chi connectivity index (χ2v) is 6.02. The zero-order valence-corrected chi connectivity index (χ0v) is 12.1. The van der Waals surface area contributed by atoms with E-state index in [0.717, 1.165) is 23.3 Å². The zero-order chi connectivity index (χ0) is 13.2. The molecule has 0 spiro atoms. The molecule has 19 heavy (non-hydrogen) atoms. The van der Waals surface area contributed by atoms with Crippen LogP contribution in [0.25, 0.3) is 0 Å². The summed E-state index contributed by atoms with van der Waals surface area (Å²) >= 11 is 0. The molecule has 0 saturated heterocycles. The predicted molar refractivity (Wildman–Crippen MR) is 77.0 cm³/mol. The molecule has 0 aliphatic heterocycles. The van der Waals surface area contributed by atoms with Gasteiger partial charge in [0, 0.05) is 0 Å². The number of ether oxygens (including phenoxy) is 2. The van der Waals surface area contributed by atoms with Gasteiger partial charge in [-0.05, 0) is 60.8 Å². The Morgan fingerprint density at radius 1 is 0.842 bits per heavy atom. The lowest BCUT2D eigenvalue weighted by molar-refractivity contribution is 0.229. The van der Waals surface area contributed by atoms with E-state index in [-0.39, 0.29) is 0 Å². The van der Waals surface area contributed by atoms with E-state index in [2.05, 4.69) is 12.1 Å². The van der Waals surface area contributed by atoms with Crippen molar-refractivity contribution in [1.82, 2.24) is 0 Å². The third-order valence-electron chi connectivity index (χ3n) is 5.04. The van der Waals surface area contributed by atoms with Crippen LogP contribution in [0.4, 0.5) is 0 Å². The first-order chi connectivity index (χ1) is 9.31. The molecule has 1 saturated carbocycles. The summed E-state index contributed by atoms with van der Waals surface area (Å²) in [4.78, 5) is 0. The van der Waals surface area contributed by atoms with E-state index in [0.29, 0.717) is 0 Å². The molecule has 0 aromatic heterocycles. The SMILES string of the molecule is COc1cc2c(cc1OC)CC1CCCCC1CC2. The van der Waals surface area contributed by atoms with E-state index in [1.165, 1.54) is 56.1 Å². The van der Waals surface area contributed by atoms with Gasteiger partial charge in [0.2, 0.25) is 0 Å². The van der Waals surface area contributed by atoms with Gasteiger partial charge in [-0.25, -0.2) is 0 Å². The van der Waals surface area contributed by atoms with E-state index >= 15 is 0 Å². The fourth-order valence-electron chi connectivity index (χ4n) is 3.94. The Morgan fingerprint density at radius 3 is 2.16 bits per heavy atom. The average molecular weight is 260 g/mol. The minimum absolute atomic E-state index is 0.881. The molecule has 0 amide bonds. The van der Waals surface area contributed by atoms with Gasteiger partial charge in [-0.15, -0.1) is 0 Å². The highest BCUT2D eigenvalue weighted by Gasteiger charge is 2.29. The molecule has 0 radical (unpaired) electrons. The Bertz CT molecular complexity index is 453. The maximum absolute atomic E-state index is 5.45. The minimum Gasteiger partial charge on any atom is -0.493 e. The Kier molecular flexibility index (Phi) is 3.67. The van der Waals surface area contributed by atoms with Crippen LogP contribution in [-0.2, 0) is 12.8 Å². The molecule has 0 heterocycles. The number of hydrogen-bond donors (Lipinski definition) is 0. The van der Waals surface area contributed by atoms with Gasteiger partial charge in [-0.1, -0.05) is 19.3 Å². The van der Waals surface area contributed by atoms with Crippen molar-refractivity contribution in [3.63, 3.8) is 0 Å². The summed E-state index contributed by atoms with van der Waals surface area (Å²) in [5.74, 6) is 3.60. The summed E-state index contributed by atoms with van der Waals surface area (Å²) in [6, 6.07) is 4.41. The lowest BCUT2D eigenvalue weighted by atomic mass is 9.76. The number of hydrogen-bond acceptors (Lipinski definition) is 2. The highest BCUT2D eigenvalue weighted by molar-refractivity contribution is 5.48. The molecule has 0 bridgehead atoms. The summed E-state index contributed by atoms with van der Waals surface area (Å²) in [7, 11) is 3.45. The molecule has 2 heteroatoms. The average Bonchev–Trinajstić information content (AvgIpc) is 2.64. The number of fused-ring (bicyclic) bond motifs is 2. The van der Waals surface area contributed by atoms with Crippen molar-refractivity contribution in [2.45, 2.75) is 44.9 Å². The van der Waals surface area contributed by atoms with Gasteiger partial charge in [-0.3, -0.25) is 0 Å². The van der Waals surface area contributed by atoms with E-state index in [9.17, 15) is 0 Å². The Labute approximate surface area is 116 Å². The Hall–Kier alpha value is -1.18. The van der Waals surface area contributed by atoms with Gasteiger partial charge < -0.3 is 9.47 Å². The molecule has 2 atom stereocenters. The van der Waals surface area contributed by atoms with E-state index < -0.39 is 0 Å². The van der Waals surface area contributed by atoms with Crippen molar-refractivity contribution < 1.29 is 9.47 Å². The molecule has 2 aliphatic rings. The van der Waals surface area contributed by atoms with Crippen LogP contribution in [0.2, 0.25) is 0 Å². The first-order valence-corrected chi connectivity index (χ1v) is 7.55. The van der Waals surface area contributed by atoms with E-state index in [1.807, 2.05) is 0 Å². The number of rotatable bonds is 2. The number of benzene rings is 1. The summed E-state index contributed by atoms with van der Waals surface area (Å²) in [5, 5.41) is 0. The topological polar surface area (TPSA) is 18.5 Å². The van der Waals surface area contributed by atoms with Crippen molar-refractivity contribution in [1.29, 1.82) is 0 Å². The predicted octanol–water partition coefficient (Wildman–Crippen LogP) is 4.00. The summed E-state index contributed by atoms with van der Waals surface area (Å²) < 4.78 is 10.9. The fraction of sp³-hybridized carbons (Fsp3) is 0.647.